The highest BCUT2D eigenvalue weighted by molar-refractivity contribution is 7.99. The van der Waals surface area contributed by atoms with Crippen LogP contribution in [0.3, 0.4) is 0 Å². The van der Waals surface area contributed by atoms with E-state index in [1.165, 1.54) is 28.3 Å². The standard InChI is InChI=1S/C15H19N3S/c1-2-18-12(7-9-17-18)11-16-14-8-10-19-15-6-4-3-5-13(14)15/h3-7,9,14,16H,2,8,10-11H2,1H3. The lowest BCUT2D eigenvalue weighted by atomic mass is 10.0. The van der Waals surface area contributed by atoms with E-state index in [1.807, 2.05) is 18.0 Å². The molecule has 3 nitrogen and oxygen atoms in total. The largest absolute Gasteiger partial charge is 0.304 e. The van der Waals surface area contributed by atoms with Crippen molar-refractivity contribution in [1.82, 2.24) is 15.1 Å². The van der Waals surface area contributed by atoms with Gasteiger partial charge in [-0.15, -0.1) is 11.8 Å². The maximum absolute atomic E-state index is 4.32. The van der Waals surface area contributed by atoms with Gasteiger partial charge in [-0.25, -0.2) is 0 Å². The van der Waals surface area contributed by atoms with E-state index in [4.69, 9.17) is 0 Å². The molecule has 0 amide bonds. The van der Waals surface area contributed by atoms with Crippen molar-refractivity contribution in [3.05, 3.63) is 47.8 Å². The average molecular weight is 273 g/mol. The van der Waals surface area contributed by atoms with Gasteiger partial charge in [0.2, 0.25) is 0 Å². The Morgan fingerprint density at radius 3 is 3.16 bits per heavy atom. The van der Waals surface area contributed by atoms with Crippen LogP contribution in [0.25, 0.3) is 0 Å². The van der Waals surface area contributed by atoms with Crippen LogP contribution in [0.2, 0.25) is 0 Å². The zero-order valence-corrected chi connectivity index (χ0v) is 12.0. The van der Waals surface area contributed by atoms with E-state index in [9.17, 15) is 0 Å². The quantitative estimate of drug-likeness (QED) is 0.927. The summed E-state index contributed by atoms with van der Waals surface area (Å²) in [5.74, 6) is 1.20. The van der Waals surface area contributed by atoms with Crippen molar-refractivity contribution in [2.24, 2.45) is 0 Å². The molecule has 1 unspecified atom stereocenters. The highest BCUT2D eigenvalue weighted by Gasteiger charge is 2.19. The molecule has 1 aliphatic rings. The monoisotopic (exact) mass is 273 g/mol. The maximum atomic E-state index is 4.32. The van der Waals surface area contributed by atoms with Crippen LogP contribution in [0.15, 0.2) is 41.4 Å². The van der Waals surface area contributed by atoms with Gasteiger partial charge in [0, 0.05) is 30.2 Å². The van der Waals surface area contributed by atoms with E-state index in [1.54, 1.807) is 0 Å². The van der Waals surface area contributed by atoms with E-state index in [0.717, 1.165) is 13.1 Å². The smallest absolute Gasteiger partial charge is 0.0522 e. The van der Waals surface area contributed by atoms with E-state index >= 15 is 0 Å². The van der Waals surface area contributed by atoms with E-state index in [-0.39, 0.29) is 0 Å². The minimum Gasteiger partial charge on any atom is -0.304 e. The molecule has 100 valence electrons. The summed E-state index contributed by atoms with van der Waals surface area (Å²) in [6.07, 6.45) is 3.08. The third-order valence-corrected chi connectivity index (χ3v) is 4.71. The van der Waals surface area contributed by atoms with Crippen molar-refractivity contribution >= 4 is 11.8 Å². The molecule has 3 rings (SSSR count). The first-order chi connectivity index (χ1) is 9.38. The summed E-state index contributed by atoms with van der Waals surface area (Å²) in [5, 5.41) is 8.00. The first-order valence-electron chi connectivity index (χ1n) is 6.84. The topological polar surface area (TPSA) is 29.9 Å². The summed E-state index contributed by atoms with van der Waals surface area (Å²) in [5.41, 5.74) is 2.71. The second kappa shape index (κ2) is 5.80. The highest BCUT2D eigenvalue weighted by atomic mass is 32.2. The summed E-state index contributed by atoms with van der Waals surface area (Å²) in [7, 11) is 0. The Bertz CT molecular complexity index is 550. The Labute approximate surface area is 118 Å². The minimum atomic E-state index is 0.470. The molecule has 1 aromatic carbocycles. The molecule has 1 N–H and O–H groups in total. The molecule has 0 saturated carbocycles. The number of thioether (sulfide) groups is 1. The first-order valence-corrected chi connectivity index (χ1v) is 7.83. The van der Waals surface area contributed by atoms with Gasteiger partial charge in [-0.05, 0) is 36.8 Å². The lowest BCUT2D eigenvalue weighted by Crippen LogP contribution is -2.25. The molecule has 0 aliphatic carbocycles. The van der Waals surface area contributed by atoms with Crippen LogP contribution in [0, 0.1) is 0 Å². The Kier molecular flexibility index (Phi) is 3.89. The third kappa shape index (κ3) is 2.69. The zero-order chi connectivity index (χ0) is 13.1. The van der Waals surface area contributed by atoms with Gasteiger partial charge in [0.15, 0.2) is 0 Å². The Morgan fingerprint density at radius 1 is 1.37 bits per heavy atom. The summed E-state index contributed by atoms with van der Waals surface area (Å²) < 4.78 is 2.05. The lowest BCUT2D eigenvalue weighted by Gasteiger charge is -2.26. The van der Waals surface area contributed by atoms with Crippen LogP contribution in [0.1, 0.15) is 30.6 Å². The van der Waals surface area contributed by atoms with Gasteiger partial charge in [-0.3, -0.25) is 4.68 Å². The molecule has 19 heavy (non-hydrogen) atoms. The molecule has 1 atom stereocenters. The molecule has 1 aliphatic heterocycles. The summed E-state index contributed by atoms with van der Waals surface area (Å²) in [6, 6.07) is 11.3. The van der Waals surface area contributed by atoms with Gasteiger partial charge in [0.1, 0.15) is 0 Å². The number of aryl methyl sites for hydroxylation is 1. The molecular formula is C15H19N3S. The van der Waals surface area contributed by atoms with Crippen molar-refractivity contribution in [3.63, 3.8) is 0 Å². The molecule has 0 spiro atoms. The van der Waals surface area contributed by atoms with Crippen molar-refractivity contribution in [2.75, 3.05) is 5.75 Å². The molecule has 0 radical (unpaired) electrons. The Morgan fingerprint density at radius 2 is 2.26 bits per heavy atom. The van der Waals surface area contributed by atoms with Crippen LogP contribution >= 0.6 is 11.8 Å². The van der Waals surface area contributed by atoms with Gasteiger partial charge in [-0.2, -0.15) is 5.10 Å². The van der Waals surface area contributed by atoms with Crippen LogP contribution in [-0.2, 0) is 13.1 Å². The minimum absolute atomic E-state index is 0.470. The number of hydrogen-bond acceptors (Lipinski definition) is 3. The highest BCUT2D eigenvalue weighted by Crippen LogP contribution is 2.35. The molecule has 0 bridgehead atoms. The summed E-state index contributed by atoms with van der Waals surface area (Å²) in [6.45, 7) is 3.95. The molecule has 0 fully saturated rings. The summed E-state index contributed by atoms with van der Waals surface area (Å²) >= 11 is 1.97. The van der Waals surface area contributed by atoms with Crippen LogP contribution in [-0.4, -0.2) is 15.5 Å². The molecule has 4 heteroatoms. The van der Waals surface area contributed by atoms with Crippen LogP contribution in [0.5, 0.6) is 0 Å². The Hall–Kier alpha value is -1.26. The number of hydrogen-bond donors (Lipinski definition) is 1. The number of nitrogens with one attached hydrogen (secondary N) is 1. The van der Waals surface area contributed by atoms with Gasteiger partial charge < -0.3 is 5.32 Å². The number of benzene rings is 1. The average Bonchev–Trinajstić information content (AvgIpc) is 2.92. The molecular weight excluding hydrogens is 254 g/mol. The van der Waals surface area contributed by atoms with Crippen molar-refractivity contribution in [3.8, 4) is 0 Å². The van der Waals surface area contributed by atoms with Crippen LogP contribution in [0.4, 0.5) is 0 Å². The maximum Gasteiger partial charge on any atom is 0.0522 e. The zero-order valence-electron chi connectivity index (χ0n) is 11.2. The van der Waals surface area contributed by atoms with Gasteiger partial charge in [0.05, 0.1) is 5.69 Å². The number of rotatable bonds is 4. The molecule has 0 saturated heterocycles. The number of fused-ring (bicyclic) bond motifs is 1. The van der Waals surface area contributed by atoms with Gasteiger partial charge in [0.25, 0.3) is 0 Å². The fourth-order valence-corrected chi connectivity index (χ4v) is 3.70. The van der Waals surface area contributed by atoms with Crippen molar-refractivity contribution < 1.29 is 0 Å². The van der Waals surface area contributed by atoms with Crippen LogP contribution < -0.4 is 5.32 Å². The fourth-order valence-electron chi connectivity index (χ4n) is 2.58. The predicted molar refractivity (Wildman–Crippen MR) is 79.3 cm³/mol. The SMILES string of the molecule is CCn1nccc1CNC1CCSc2ccccc21. The fraction of sp³-hybridized carbons (Fsp3) is 0.400. The normalized spacial score (nSPS) is 18.3. The second-order valence-corrected chi connectivity index (χ2v) is 5.88. The Balaban J connectivity index is 1.71. The second-order valence-electron chi connectivity index (χ2n) is 4.75. The predicted octanol–water partition coefficient (Wildman–Crippen LogP) is 3.23. The lowest BCUT2D eigenvalue weighted by molar-refractivity contribution is 0.487. The van der Waals surface area contributed by atoms with Crippen molar-refractivity contribution in [1.29, 1.82) is 0 Å². The number of aromatic nitrogens is 2. The van der Waals surface area contributed by atoms with Gasteiger partial charge >= 0.3 is 0 Å². The molecule has 2 aromatic rings. The van der Waals surface area contributed by atoms with E-state index in [2.05, 4.69) is 52.4 Å². The van der Waals surface area contributed by atoms with Gasteiger partial charge in [-0.1, -0.05) is 18.2 Å². The first kappa shape index (κ1) is 12.8. The molecule has 2 heterocycles. The van der Waals surface area contributed by atoms with E-state index < -0.39 is 0 Å². The number of nitrogens with zero attached hydrogens (tertiary/aromatic N) is 2. The van der Waals surface area contributed by atoms with Crippen molar-refractivity contribution in [2.45, 2.75) is 37.4 Å². The molecule has 1 aromatic heterocycles. The summed E-state index contributed by atoms with van der Waals surface area (Å²) in [4.78, 5) is 1.43. The van der Waals surface area contributed by atoms with E-state index in [0.29, 0.717) is 6.04 Å². The third-order valence-electron chi connectivity index (χ3n) is 3.59.